The van der Waals surface area contributed by atoms with Gasteiger partial charge in [0.2, 0.25) is 0 Å². The van der Waals surface area contributed by atoms with Gasteiger partial charge < -0.3 is 14.2 Å². The second kappa shape index (κ2) is 57.6. The summed E-state index contributed by atoms with van der Waals surface area (Å²) in [6, 6.07) is 0. The third-order valence-corrected chi connectivity index (χ3v) is 11.0. The van der Waals surface area contributed by atoms with E-state index in [4.69, 9.17) is 14.2 Å². The quantitative estimate of drug-likeness (QED) is 0.0262. The number of carbonyl (C=O) groups is 3. The summed E-state index contributed by atoms with van der Waals surface area (Å²) in [6.45, 7) is 6.31. The summed E-state index contributed by atoms with van der Waals surface area (Å²) in [5.41, 5.74) is 0. The highest BCUT2D eigenvalue weighted by molar-refractivity contribution is 5.71. The molecule has 6 nitrogen and oxygen atoms in total. The number of rotatable bonds is 48. The Morgan fingerprint density at radius 1 is 0.296 bits per heavy atom. The van der Waals surface area contributed by atoms with Crippen molar-refractivity contribution in [2.24, 2.45) is 0 Å². The Morgan fingerprint density at radius 3 is 0.972 bits per heavy atom. The average Bonchev–Trinajstić information content (AvgIpc) is 3.37. The average molecular weight is 978 g/mol. The van der Waals surface area contributed by atoms with E-state index in [-0.39, 0.29) is 44.4 Å². The van der Waals surface area contributed by atoms with Crippen molar-refractivity contribution >= 4 is 17.9 Å². The molecule has 0 saturated carbocycles. The predicted octanol–water partition coefficient (Wildman–Crippen LogP) is 19.0. The maximum atomic E-state index is 12.8. The number of allylic oxidation sites excluding steroid dienone is 26. The fraction of sp³-hybridized carbons (Fsp3) is 0.554. The van der Waals surface area contributed by atoms with E-state index in [9.17, 15) is 14.4 Å². The molecule has 0 amide bonds. The second-order valence-corrected chi connectivity index (χ2v) is 17.7. The van der Waals surface area contributed by atoms with Gasteiger partial charge in [0, 0.05) is 19.3 Å². The maximum Gasteiger partial charge on any atom is 0.306 e. The van der Waals surface area contributed by atoms with Gasteiger partial charge in [-0.05, 0) is 128 Å². The van der Waals surface area contributed by atoms with Crippen molar-refractivity contribution in [2.75, 3.05) is 13.2 Å². The zero-order valence-electron chi connectivity index (χ0n) is 45.2. The minimum Gasteiger partial charge on any atom is -0.462 e. The lowest BCUT2D eigenvalue weighted by atomic mass is 10.1. The van der Waals surface area contributed by atoms with Crippen LogP contribution in [0.1, 0.15) is 213 Å². The van der Waals surface area contributed by atoms with Gasteiger partial charge in [0.15, 0.2) is 6.10 Å². The van der Waals surface area contributed by atoms with Crippen LogP contribution in [-0.4, -0.2) is 37.2 Å². The maximum absolute atomic E-state index is 12.8. The molecule has 0 saturated heterocycles. The monoisotopic (exact) mass is 977 g/mol. The molecule has 396 valence electrons. The van der Waals surface area contributed by atoms with E-state index in [1.54, 1.807) is 0 Å². The van der Waals surface area contributed by atoms with Gasteiger partial charge in [-0.25, -0.2) is 0 Å². The van der Waals surface area contributed by atoms with Crippen LogP contribution in [0.2, 0.25) is 0 Å². The van der Waals surface area contributed by atoms with Crippen LogP contribution >= 0.6 is 0 Å². The van der Waals surface area contributed by atoms with Gasteiger partial charge in [0.25, 0.3) is 0 Å². The van der Waals surface area contributed by atoms with Crippen LogP contribution in [0.25, 0.3) is 0 Å². The fourth-order valence-electron chi connectivity index (χ4n) is 6.83. The van der Waals surface area contributed by atoms with Crippen molar-refractivity contribution in [3.05, 3.63) is 158 Å². The van der Waals surface area contributed by atoms with E-state index in [0.29, 0.717) is 19.3 Å². The molecule has 6 heteroatoms. The summed E-state index contributed by atoms with van der Waals surface area (Å²) in [7, 11) is 0. The van der Waals surface area contributed by atoms with E-state index in [0.717, 1.165) is 83.5 Å². The minimum atomic E-state index is -0.866. The van der Waals surface area contributed by atoms with E-state index in [2.05, 4.69) is 167 Å². The van der Waals surface area contributed by atoms with Gasteiger partial charge in [-0.15, -0.1) is 0 Å². The van der Waals surface area contributed by atoms with Crippen LogP contribution in [0, 0.1) is 0 Å². The number of esters is 3. The Balaban J connectivity index is 4.69. The third kappa shape index (κ3) is 55.8. The van der Waals surface area contributed by atoms with Crippen molar-refractivity contribution in [1.82, 2.24) is 0 Å². The Kier molecular flexibility index (Phi) is 53.6. The molecule has 0 aliphatic rings. The fourth-order valence-corrected chi connectivity index (χ4v) is 6.83. The normalized spacial score (nSPS) is 13.3. The lowest BCUT2D eigenvalue weighted by molar-refractivity contribution is -0.166. The zero-order valence-corrected chi connectivity index (χ0v) is 45.2. The molecule has 0 bridgehead atoms. The Morgan fingerprint density at radius 2 is 0.577 bits per heavy atom. The predicted molar refractivity (Wildman–Crippen MR) is 306 cm³/mol. The van der Waals surface area contributed by atoms with Gasteiger partial charge in [0.05, 0.1) is 0 Å². The molecule has 0 N–H and O–H groups in total. The van der Waals surface area contributed by atoms with Crippen LogP contribution in [0.15, 0.2) is 158 Å². The third-order valence-electron chi connectivity index (χ3n) is 11.0. The summed E-state index contributed by atoms with van der Waals surface area (Å²) < 4.78 is 16.7. The Labute approximate surface area is 435 Å². The smallest absolute Gasteiger partial charge is 0.306 e. The second-order valence-electron chi connectivity index (χ2n) is 17.7. The Bertz CT molecular complexity index is 1640. The number of unbranched alkanes of at least 4 members (excludes halogenated alkanes) is 11. The molecule has 0 rings (SSSR count). The van der Waals surface area contributed by atoms with E-state index in [1.807, 2.05) is 12.2 Å². The summed E-state index contributed by atoms with van der Waals surface area (Å²) in [5.74, 6) is -1.16. The largest absolute Gasteiger partial charge is 0.462 e. The van der Waals surface area contributed by atoms with Gasteiger partial charge in [-0.1, -0.05) is 224 Å². The minimum absolute atomic E-state index is 0.158. The summed E-state index contributed by atoms with van der Waals surface area (Å²) in [6.07, 6.45) is 84.0. The molecule has 0 unspecified atom stereocenters. The SMILES string of the molecule is CC/C=C\C/C=C\C/C=C\C/C=C\C/C=C\CCCC(=O)OC[C@H](COC(=O)CC/C=C\C/C=C\C/C=C\C/C=C\C/C=C\CCCCC)OC(=O)CCC/C=C\C/C=C\C/C=C\CCCCCCCC. The zero-order chi connectivity index (χ0) is 51.4. The van der Waals surface area contributed by atoms with Gasteiger partial charge in [0.1, 0.15) is 13.2 Å². The molecule has 0 aromatic rings. The van der Waals surface area contributed by atoms with Crippen molar-refractivity contribution < 1.29 is 28.6 Å². The molecule has 0 fully saturated rings. The molecule has 0 aliphatic carbocycles. The highest BCUT2D eigenvalue weighted by Crippen LogP contribution is 2.10. The van der Waals surface area contributed by atoms with Crippen LogP contribution in [0.3, 0.4) is 0 Å². The molecule has 0 heterocycles. The van der Waals surface area contributed by atoms with E-state index >= 15 is 0 Å². The Hall–Kier alpha value is -4.97. The van der Waals surface area contributed by atoms with Crippen molar-refractivity contribution in [2.45, 2.75) is 219 Å². The molecule has 0 aliphatic heterocycles. The molecular formula is C65H100O6. The lowest BCUT2D eigenvalue weighted by Crippen LogP contribution is -2.30. The summed E-state index contributed by atoms with van der Waals surface area (Å²) >= 11 is 0. The van der Waals surface area contributed by atoms with Crippen LogP contribution in [-0.2, 0) is 28.6 Å². The first-order chi connectivity index (χ1) is 35.0. The van der Waals surface area contributed by atoms with Crippen molar-refractivity contribution in [1.29, 1.82) is 0 Å². The number of hydrogen-bond acceptors (Lipinski definition) is 6. The number of ether oxygens (including phenoxy) is 3. The molecule has 0 aromatic heterocycles. The number of hydrogen-bond donors (Lipinski definition) is 0. The molecule has 71 heavy (non-hydrogen) atoms. The highest BCUT2D eigenvalue weighted by Gasteiger charge is 2.19. The molecule has 1 atom stereocenters. The van der Waals surface area contributed by atoms with Gasteiger partial charge in [-0.3, -0.25) is 14.4 Å². The first kappa shape index (κ1) is 66.0. The highest BCUT2D eigenvalue weighted by atomic mass is 16.6. The van der Waals surface area contributed by atoms with E-state index in [1.165, 1.54) is 70.6 Å². The summed E-state index contributed by atoms with van der Waals surface area (Å²) in [4.78, 5) is 38.1. The van der Waals surface area contributed by atoms with Gasteiger partial charge >= 0.3 is 17.9 Å². The van der Waals surface area contributed by atoms with Crippen LogP contribution in [0.4, 0.5) is 0 Å². The lowest BCUT2D eigenvalue weighted by Gasteiger charge is -2.18. The molecule has 0 aromatic carbocycles. The van der Waals surface area contributed by atoms with E-state index < -0.39 is 12.1 Å². The molecule has 0 radical (unpaired) electrons. The number of carbonyl (C=O) groups excluding carboxylic acids is 3. The van der Waals surface area contributed by atoms with Crippen LogP contribution < -0.4 is 0 Å². The van der Waals surface area contributed by atoms with Crippen molar-refractivity contribution in [3.63, 3.8) is 0 Å². The first-order valence-electron chi connectivity index (χ1n) is 28.0. The first-order valence-corrected chi connectivity index (χ1v) is 28.0. The topological polar surface area (TPSA) is 78.9 Å². The van der Waals surface area contributed by atoms with Crippen LogP contribution in [0.5, 0.6) is 0 Å². The van der Waals surface area contributed by atoms with Gasteiger partial charge in [-0.2, -0.15) is 0 Å². The molecular weight excluding hydrogens is 877 g/mol. The standard InChI is InChI=1S/C65H100O6/c1-4-7-10-13-16-19-22-25-28-31-32-35-37-40-43-46-49-52-55-58-64(67)70-61-62(71-65(68)59-56-53-50-47-44-41-38-34-30-27-24-21-18-15-12-9-6-3)60-69-63(66)57-54-51-48-45-42-39-36-33-29-26-23-20-17-14-11-8-5-2/h8,11,16-17,19-20,25-30,32,35-36,38-41,43,45,47-50,52,62H,4-7,9-10,12-15,18,21-24,31,33-34,37,42,44,46,51,53-61H2,1-3H3/b11-8-,19-16-,20-17-,28-25-,29-26-,30-27-,35-32-,39-36-,41-38-,43-40-,48-45-,50-47-,52-49-/t62-/m1/s1. The van der Waals surface area contributed by atoms with Crippen molar-refractivity contribution in [3.8, 4) is 0 Å². The summed E-state index contributed by atoms with van der Waals surface area (Å²) in [5, 5.41) is 0. The molecule has 0 spiro atoms.